The zero-order valence-corrected chi connectivity index (χ0v) is 22.9. The summed E-state index contributed by atoms with van der Waals surface area (Å²) in [6.07, 6.45) is 6.38. The number of amides is 2. The Morgan fingerprint density at radius 1 is 0.897 bits per heavy atom. The zero-order chi connectivity index (χ0) is 27.5. The van der Waals surface area contributed by atoms with Gasteiger partial charge in [0.2, 0.25) is 0 Å². The van der Waals surface area contributed by atoms with Crippen molar-refractivity contribution in [3.63, 3.8) is 0 Å². The lowest BCUT2D eigenvalue weighted by atomic mass is 9.84. The molecule has 0 unspecified atom stereocenters. The molecule has 0 radical (unpaired) electrons. The monoisotopic (exact) mass is 524 g/mol. The van der Waals surface area contributed by atoms with Crippen LogP contribution < -0.4 is 5.32 Å². The first-order valence-corrected chi connectivity index (χ1v) is 13.9. The number of nitrogens with one attached hydrogen (secondary N) is 1. The van der Waals surface area contributed by atoms with Crippen LogP contribution in [0.3, 0.4) is 0 Å². The second kappa shape index (κ2) is 11.4. The summed E-state index contributed by atoms with van der Waals surface area (Å²) < 4.78 is 4.96. The fraction of sp³-hybridized carbons (Fsp3) is 0.364. The maximum Gasteiger partial charge on any atom is 0.328 e. The molecule has 2 amide bonds. The lowest BCUT2D eigenvalue weighted by Crippen LogP contribution is -2.45. The van der Waals surface area contributed by atoms with Gasteiger partial charge in [-0.2, -0.15) is 0 Å². The minimum absolute atomic E-state index is 0.0623. The van der Waals surface area contributed by atoms with Crippen LogP contribution >= 0.6 is 0 Å². The van der Waals surface area contributed by atoms with Gasteiger partial charge in [-0.05, 0) is 77.3 Å². The summed E-state index contributed by atoms with van der Waals surface area (Å²) in [5.41, 5.74) is 6.03. The van der Waals surface area contributed by atoms with Crippen molar-refractivity contribution in [2.45, 2.75) is 64.5 Å². The molecule has 1 heterocycles. The molecule has 0 saturated heterocycles. The Kier molecular flexibility index (Phi) is 7.82. The highest BCUT2D eigenvalue weighted by Gasteiger charge is 2.38. The number of esters is 1. The van der Waals surface area contributed by atoms with Gasteiger partial charge < -0.3 is 15.0 Å². The number of rotatable bonds is 7. The molecule has 0 bridgehead atoms. The van der Waals surface area contributed by atoms with E-state index in [1.165, 1.54) is 44.8 Å². The van der Waals surface area contributed by atoms with Crippen LogP contribution in [0.15, 0.2) is 66.7 Å². The van der Waals surface area contributed by atoms with Gasteiger partial charge in [-0.15, -0.1) is 0 Å². The number of ether oxygens (including phenoxy) is 1. The van der Waals surface area contributed by atoms with E-state index >= 15 is 0 Å². The molecular formula is C33H36N2O4. The van der Waals surface area contributed by atoms with Crippen molar-refractivity contribution in [3.8, 4) is 11.1 Å². The van der Waals surface area contributed by atoms with Gasteiger partial charge in [0.05, 0.1) is 7.11 Å². The van der Waals surface area contributed by atoms with Gasteiger partial charge in [0.1, 0.15) is 6.04 Å². The number of anilines is 1. The summed E-state index contributed by atoms with van der Waals surface area (Å²) in [5, 5.41) is 2.99. The van der Waals surface area contributed by atoms with Gasteiger partial charge in [-0.3, -0.25) is 9.59 Å². The Bertz CT molecular complexity index is 1360. The Hall–Kier alpha value is -3.93. The largest absolute Gasteiger partial charge is 0.467 e. The summed E-state index contributed by atoms with van der Waals surface area (Å²) >= 11 is 0. The van der Waals surface area contributed by atoms with E-state index in [1.54, 1.807) is 4.90 Å². The topological polar surface area (TPSA) is 75.7 Å². The SMILES string of the molecule is COC(=O)[C@H](C(C)C)N1Cc2ccc(-c3ccc(NC(=O)c4ccc(C5CCCCC5)cc4)cc3)cc2C1=O. The Labute approximate surface area is 230 Å². The number of methoxy groups -OCH3 is 1. The molecule has 6 nitrogen and oxygen atoms in total. The lowest BCUT2D eigenvalue weighted by molar-refractivity contribution is -0.147. The van der Waals surface area contributed by atoms with E-state index in [9.17, 15) is 14.4 Å². The molecule has 202 valence electrons. The molecule has 1 aliphatic heterocycles. The number of hydrogen-bond acceptors (Lipinski definition) is 4. The van der Waals surface area contributed by atoms with E-state index in [-0.39, 0.29) is 17.7 Å². The van der Waals surface area contributed by atoms with Gasteiger partial charge in [0.15, 0.2) is 0 Å². The first-order chi connectivity index (χ1) is 18.9. The Morgan fingerprint density at radius 2 is 1.56 bits per heavy atom. The predicted molar refractivity (Wildman–Crippen MR) is 153 cm³/mol. The lowest BCUT2D eigenvalue weighted by Gasteiger charge is -2.28. The molecular weight excluding hydrogens is 488 g/mol. The van der Waals surface area contributed by atoms with Crippen molar-refractivity contribution >= 4 is 23.5 Å². The minimum Gasteiger partial charge on any atom is -0.467 e. The molecule has 5 rings (SSSR count). The molecule has 2 aliphatic rings. The van der Waals surface area contributed by atoms with Crippen LogP contribution in [0.5, 0.6) is 0 Å². The highest BCUT2D eigenvalue weighted by atomic mass is 16.5. The van der Waals surface area contributed by atoms with Crippen LogP contribution in [0.2, 0.25) is 0 Å². The number of benzene rings is 3. The second-order valence-electron chi connectivity index (χ2n) is 11.0. The summed E-state index contributed by atoms with van der Waals surface area (Å²) in [7, 11) is 1.35. The smallest absolute Gasteiger partial charge is 0.328 e. The van der Waals surface area contributed by atoms with Crippen molar-refractivity contribution in [3.05, 3.63) is 89.0 Å². The van der Waals surface area contributed by atoms with Crippen LogP contribution in [0.25, 0.3) is 11.1 Å². The van der Waals surface area contributed by atoms with E-state index in [4.69, 9.17) is 4.74 Å². The molecule has 1 atom stereocenters. The molecule has 3 aromatic rings. The normalized spacial score (nSPS) is 16.2. The summed E-state index contributed by atoms with van der Waals surface area (Å²) in [6, 6.07) is 20.8. The van der Waals surface area contributed by atoms with Gasteiger partial charge in [0, 0.05) is 23.4 Å². The van der Waals surface area contributed by atoms with Crippen molar-refractivity contribution in [1.29, 1.82) is 0 Å². The first kappa shape index (κ1) is 26.7. The van der Waals surface area contributed by atoms with Crippen molar-refractivity contribution < 1.29 is 19.1 Å². The highest BCUT2D eigenvalue weighted by molar-refractivity contribution is 6.04. The van der Waals surface area contributed by atoms with E-state index in [0.717, 1.165) is 16.7 Å². The van der Waals surface area contributed by atoms with E-state index in [2.05, 4.69) is 17.4 Å². The van der Waals surface area contributed by atoms with E-state index < -0.39 is 12.0 Å². The highest BCUT2D eigenvalue weighted by Crippen LogP contribution is 2.33. The average Bonchev–Trinajstić information content (AvgIpc) is 3.28. The number of carbonyl (C=O) groups excluding carboxylic acids is 3. The fourth-order valence-corrected chi connectivity index (χ4v) is 5.90. The fourth-order valence-electron chi connectivity index (χ4n) is 5.90. The van der Waals surface area contributed by atoms with Crippen LogP contribution in [0.1, 0.15) is 83.7 Å². The third kappa shape index (κ3) is 5.60. The average molecular weight is 525 g/mol. The second-order valence-corrected chi connectivity index (χ2v) is 11.0. The molecule has 3 aromatic carbocycles. The summed E-state index contributed by atoms with van der Waals surface area (Å²) in [5.74, 6) is -0.136. The quantitative estimate of drug-likeness (QED) is 0.345. The number of nitrogens with zero attached hydrogens (tertiary/aromatic N) is 1. The van der Waals surface area contributed by atoms with E-state index in [0.29, 0.717) is 29.3 Å². The van der Waals surface area contributed by atoms with Crippen LogP contribution in [0.4, 0.5) is 5.69 Å². The summed E-state index contributed by atoms with van der Waals surface area (Å²) in [6.45, 7) is 4.21. The standard InChI is InChI=1S/C33H36N2O4/c1-21(2)30(33(38)39-3)35-20-27-14-13-26(19-29(27)32(35)37)24-15-17-28(18-16-24)34-31(36)25-11-9-23(10-12-25)22-7-5-4-6-8-22/h9-19,21-22,30H,4-8,20H2,1-3H3,(H,34,36)/t30-/m0/s1. The molecule has 0 spiro atoms. The van der Waals surface area contributed by atoms with Crippen LogP contribution in [0, 0.1) is 5.92 Å². The predicted octanol–water partition coefficient (Wildman–Crippen LogP) is 6.81. The molecule has 1 saturated carbocycles. The van der Waals surface area contributed by atoms with Crippen LogP contribution in [-0.2, 0) is 16.1 Å². The Morgan fingerprint density at radius 3 is 2.21 bits per heavy atom. The van der Waals surface area contributed by atoms with Crippen LogP contribution in [-0.4, -0.2) is 35.8 Å². The molecule has 1 N–H and O–H groups in total. The van der Waals surface area contributed by atoms with Crippen molar-refractivity contribution in [2.75, 3.05) is 12.4 Å². The van der Waals surface area contributed by atoms with Crippen molar-refractivity contribution in [2.24, 2.45) is 5.92 Å². The summed E-state index contributed by atoms with van der Waals surface area (Å²) in [4.78, 5) is 40.0. The van der Waals surface area contributed by atoms with Crippen molar-refractivity contribution in [1.82, 2.24) is 4.90 Å². The Balaban J connectivity index is 1.26. The molecule has 1 aliphatic carbocycles. The third-order valence-corrected chi connectivity index (χ3v) is 8.08. The zero-order valence-electron chi connectivity index (χ0n) is 22.9. The molecule has 0 aromatic heterocycles. The third-order valence-electron chi connectivity index (χ3n) is 8.08. The van der Waals surface area contributed by atoms with Gasteiger partial charge >= 0.3 is 5.97 Å². The number of fused-ring (bicyclic) bond motifs is 1. The minimum atomic E-state index is -0.621. The number of carbonyl (C=O) groups is 3. The molecule has 1 fully saturated rings. The van der Waals surface area contributed by atoms with Gasteiger partial charge in [-0.25, -0.2) is 4.79 Å². The van der Waals surface area contributed by atoms with Gasteiger partial charge in [0.25, 0.3) is 11.8 Å². The van der Waals surface area contributed by atoms with Gasteiger partial charge in [-0.1, -0.05) is 69.5 Å². The molecule has 6 heteroatoms. The first-order valence-electron chi connectivity index (χ1n) is 13.9. The maximum atomic E-state index is 13.2. The maximum absolute atomic E-state index is 13.2. The number of hydrogen-bond donors (Lipinski definition) is 1. The van der Waals surface area contributed by atoms with E-state index in [1.807, 2.05) is 68.4 Å². The molecule has 39 heavy (non-hydrogen) atoms.